The number of rotatable bonds is 2. The molecule has 0 spiro atoms. The van der Waals surface area contributed by atoms with Crippen molar-refractivity contribution in [3.05, 3.63) is 0 Å². The Morgan fingerprint density at radius 3 is 2.18 bits per heavy atom. The van der Waals surface area contributed by atoms with Crippen molar-refractivity contribution in [1.82, 2.24) is 5.32 Å². The molecule has 11 heavy (non-hydrogen) atoms. The number of halogens is 1. The van der Waals surface area contributed by atoms with E-state index in [1.165, 1.54) is 0 Å². The topological polar surface area (TPSA) is 72.2 Å². The maximum Gasteiger partial charge on any atom is 0.318 e. The summed E-state index contributed by atoms with van der Waals surface area (Å²) in [6, 6.07) is -0.874. The van der Waals surface area contributed by atoms with Crippen LogP contribution in [0.25, 0.3) is 0 Å². The highest BCUT2D eigenvalue weighted by Gasteiger charge is 2.19. The number of urea groups is 1. The number of amides is 3. The Kier molecular flexibility index (Phi) is 3.89. The third-order valence-electron chi connectivity index (χ3n) is 1.08. The summed E-state index contributed by atoms with van der Waals surface area (Å²) in [6.45, 7) is 3.55. The zero-order valence-electron chi connectivity index (χ0n) is 6.43. The molecule has 1 unspecified atom stereocenters. The predicted molar refractivity (Wildman–Crippen MR) is 42.2 cm³/mol. The molecule has 0 aliphatic carbocycles. The van der Waals surface area contributed by atoms with Gasteiger partial charge in [-0.25, -0.2) is 4.79 Å². The summed E-state index contributed by atoms with van der Waals surface area (Å²) < 4.78 is 0. The Hall–Kier alpha value is -0.770. The first-order chi connectivity index (χ1) is 4.95. The average molecular weight is 179 g/mol. The smallest absolute Gasteiger partial charge is 0.318 e. The first-order valence-electron chi connectivity index (χ1n) is 3.19. The summed E-state index contributed by atoms with van der Waals surface area (Å²) >= 11 is 5.59. The monoisotopic (exact) mass is 178 g/mol. The van der Waals surface area contributed by atoms with Gasteiger partial charge < -0.3 is 5.73 Å². The molecule has 64 valence electrons. The van der Waals surface area contributed by atoms with Crippen molar-refractivity contribution in [1.29, 1.82) is 0 Å². The number of hydrogen-bond acceptors (Lipinski definition) is 2. The summed E-state index contributed by atoms with van der Waals surface area (Å²) in [5.74, 6) is -0.565. The molecule has 0 aromatic carbocycles. The number of carbonyl (C=O) groups is 2. The van der Waals surface area contributed by atoms with Crippen LogP contribution < -0.4 is 11.1 Å². The summed E-state index contributed by atoms with van der Waals surface area (Å²) in [7, 11) is 0. The molecule has 0 aliphatic heterocycles. The van der Waals surface area contributed by atoms with Gasteiger partial charge >= 0.3 is 6.03 Å². The minimum absolute atomic E-state index is 0.0176. The Morgan fingerprint density at radius 1 is 1.45 bits per heavy atom. The van der Waals surface area contributed by atoms with E-state index in [0.29, 0.717) is 0 Å². The van der Waals surface area contributed by atoms with Crippen LogP contribution >= 0.6 is 11.6 Å². The van der Waals surface area contributed by atoms with E-state index in [4.69, 9.17) is 17.3 Å². The predicted octanol–water partition coefficient (Wildman–Crippen LogP) is 0.445. The molecule has 0 heterocycles. The Balaban J connectivity index is 3.93. The molecule has 3 amide bonds. The van der Waals surface area contributed by atoms with Gasteiger partial charge in [-0.3, -0.25) is 10.1 Å². The van der Waals surface area contributed by atoms with Crippen molar-refractivity contribution in [2.24, 2.45) is 11.7 Å². The second-order valence-electron chi connectivity index (χ2n) is 2.50. The SMILES string of the molecule is CC(C)C(Cl)C(=O)NC(N)=O. The molecule has 0 aromatic heterocycles. The molecular formula is C6H11ClN2O2. The van der Waals surface area contributed by atoms with Gasteiger partial charge in [0, 0.05) is 0 Å². The normalized spacial score (nSPS) is 12.7. The summed E-state index contributed by atoms with van der Waals surface area (Å²) in [4.78, 5) is 21.0. The van der Waals surface area contributed by atoms with Crippen LogP contribution in [-0.4, -0.2) is 17.3 Å². The van der Waals surface area contributed by atoms with Gasteiger partial charge in [0.05, 0.1) is 0 Å². The van der Waals surface area contributed by atoms with Crippen LogP contribution in [0.1, 0.15) is 13.8 Å². The summed E-state index contributed by atoms with van der Waals surface area (Å²) in [5.41, 5.74) is 4.70. The number of primary amides is 1. The fraction of sp³-hybridized carbons (Fsp3) is 0.667. The van der Waals surface area contributed by atoms with Gasteiger partial charge in [0.2, 0.25) is 5.91 Å². The van der Waals surface area contributed by atoms with Crippen LogP contribution in [-0.2, 0) is 4.79 Å². The molecular weight excluding hydrogens is 168 g/mol. The number of nitrogens with one attached hydrogen (secondary N) is 1. The minimum Gasteiger partial charge on any atom is -0.351 e. The zero-order valence-corrected chi connectivity index (χ0v) is 7.18. The molecule has 0 rings (SSSR count). The Morgan fingerprint density at radius 2 is 1.91 bits per heavy atom. The van der Waals surface area contributed by atoms with E-state index >= 15 is 0 Å². The lowest BCUT2D eigenvalue weighted by atomic mass is 10.1. The largest absolute Gasteiger partial charge is 0.351 e. The fourth-order valence-corrected chi connectivity index (χ4v) is 0.548. The second-order valence-corrected chi connectivity index (χ2v) is 2.97. The van der Waals surface area contributed by atoms with E-state index in [2.05, 4.69) is 0 Å². The van der Waals surface area contributed by atoms with E-state index in [9.17, 15) is 9.59 Å². The highest BCUT2D eigenvalue weighted by atomic mass is 35.5. The molecule has 0 saturated carbocycles. The third-order valence-corrected chi connectivity index (χ3v) is 1.78. The van der Waals surface area contributed by atoms with Crippen LogP contribution in [0.4, 0.5) is 4.79 Å². The van der Waals surface area contributed by atoms with E-state index in [0.717, 1.165) is 0 Å². The van der Waals surface area contributed by atoms with Crippen LogP contribution in [0.5, 0.6) is 0 Å². The highest BCUT2D eigenvalue weighted by Crippen LogP contribution is 2.08. The second kappa shape index (κ2) is 4.18. The third kappa shape index (κ3) is 3.83. The minimum atomic E-state index is -0.874. The van der Waals surface area contributed by atoms with Gasteiger partial charge in [0.25, 0.3) is 0 Å². The molecule has 0 bridgehead atoms. The van der Waals surface area contributed by atoms with Crippen LogP contribution in [0.2, 0.25) is 0 Å². The average Bonchev–Trinajstić information content (AvgIpc) is 1.84. The van der Waals surface area contributed by atoms with Gasteiger partial charge in [-0.15, -0.1) is 11.6 Å². The lowest BCUT2D eigenvalue weighted by Crippen LogP contribution is -2.41. The summed E-state index contributed by atoms with van der Waals surface area (Å²) in [5, 5.41) is 1.19. The van der Waals surface area contributed by atoms with E-state index in [-0.39, 0.29) is 5.92 Å². The van der Waals surface area contributed by atoms with Crippen molar-refractivity contribution in [3.8, 4) is 0 Å². The molecule has 5 heteroatoms. The van der Waals surface area contributed by atoms with Crippen LogP contribution in [0, 0.1) is 5.92 Å². The molecule has 0 radical (unpaired) electrons. The molecule has 0 fully saturated rings. The Labute approximate surface area is 70.1 Å². The molecule has 0 aliphatic rings. The lowest BCUT2D eigenvalue weighted by molar-refractivity contribution is -0.120. The van der Waals surface area contributed by atoms with E-state index < -0.39 is 17.3 Å². The maximum absolute atomic E-state index is 10.9. The Bertz CT molecular complexity index is 170. The molecule has 3 N–H and O–H groups in total. The molecule has 0 aromatic rings. The van der Waals surface area contributed by atoms with Crippen molar-refractivity contribution >= 4 is 23.5 Å². The van der Waals surface area contributed by atoms with Gasteiger partial charge in [-0.1, -0.05) is 13.8 Å². The zero-order chi connectivity index (χ0) is 9.02. The van der Waals surface area contributed by atoms with Crippen molar-refractivity contribution in [2.45, 2.75) is 19.2 Å². The van der Waals surface area contributed by atoms with Crippen molar-refractivity contribution < 1.29 is 9.59 Å². The van der Waals surface area contributed by atoms with Crippen LogP contribution in [0.15, 0.2) is 0 Å². The lowest BCUT2D eigenvalue weighted by Gasteiger charge is -2.10. The van der Waals surface area contributed by atoms with E-state index in [1.807, 2.05) is 5.32 Å². The number of nitrogens with two attached hydrogens (primary N) is 1. The number of hydrogen-bond donors (Lipinski definition) is 2. The maximum atomic E-state index is 10.9. The standard InChI is InChI=1S/C6H11ClN2O2/c1-3(2)4(7)5(10)9-6(8)11/h3-4H,1-2H3,(H3,8,9,10,11). The van der Waals surface area contributed by atoms with E-state index in [1.54, 1.807) is 13.8 Å². The first kappa shape index (κ1) is 10.2. The number of imide groups is 1. The number of carbonyl (C=O) groups excluding carboxylic acids is 2. The van der Waals surface area contributed by atoms with Crippen LogP contribution in [0.3, 0.4) is 0 Å². The molecule has 1 atom stereocenters. The summed E-state index contributed by atoms with van der Waals surface area (Å²) in [6.07, 6.45) is 0. The highest BCUT2D eigenvalue weighted by molar-refractivity contribution is 6.31. The van der Waals surface area contributed by atoms with Gasteiger partial charge in [0.15, 0.2) is 0 Å². The van der Waals surface area contributed by atoms with Crippen molar-refractivity contribution in [3.63, 3.8) is 0 Å². The molecule has 0 saturated heterocycles. The first-order valence-corrected chi connectivity index (χ1v) is 3.63. The molecule has 4 nitrogen and oxygen atoms in total. The fourth-order valence-electron chi connectivity index (χ4n) is 0.493. The van der Waals surface area contributed by atoms with Gasteiger partial charge in [0.1, 0.15) is 5.38 Å². The quantitative estimate of drug-likeness (QED) is 0.603. The van der Waals surface area contributed by atoms with Crippen molar-refractivity contribution in [2.75, 3.05) is 0 Å². The van der Waals surface area contributed by atoms with Gasteiger partial charge in [-0.2, -0.15) is 0 Å². The number of alkyl halides is 1. The van der Waals surface area contributed by atoms with Gasteiger partial charge in [-0.05, 0) is 5.92 Å².